The predicted octanol–water partition coefficient (Wildman–Crippen LogP) is 4.79. The zero-order valence-corrected chi connectivity index (χ0v) is 13.9. The number of carbonyl (C=O) groups excluding carboxylic acids is 1. The van der Waals surface area contributed by atoms with Gasteiger partial charge in [-0.1, -0.05) is 35.9 Å². The van der Waals surface area contributed by atoms with Crippen LogP contribution in [0.1, 0.15) is 24.7 Å². The first kappa shape index (κ1) is 15.1. The molecule has 1 amide bonds. The van der Waals surface area contributed by atoms with Gasteiger partial charge >= 0.3 is 0 Å². The highest BCUT2D eigenvalue weighted by Gasteiger charge is 2.21. The summed E-state index contributed by atoms with van der Waals surface area (Å²) in [5.74, 6) is 0.730. The van der Waals surface area contributed by atoms with Crippen LogP contribution in [0.5, 0.6) is 0 Å². The average molecular weight is 335 g/mol. The molecule has 2 heterocycles. The van der Waals surface area contributed by atoms with Crippen LogP contribution in [-0.4, -0.2) is 10.9 Å². The molecule has 0 atom stereocenters. The lowest BCUT2D eigenvalue weighted by atomic mass is 10.2. The number of aromatic nitrogens is 1. The number of hydrogen-bond donors (Lipinski definition) is 0. The van der Waals surface area contributed by atoms with Crippen molar-refractivity contribution in [2.75, 3.05) is 4.90 Å². The number of thiazole rings is 1. The Morgan fingerprint density at radius 1 is 1.41 bits per heavy atom. The molecule has 0 aliphatic heterocycles. The van der Waals surface area contributed by atoms with Crippen LogP contribution < -0.4 is 4.90 Å². The number of carbonyl (C=O) groups is 1. The summed E-state index contributed by atoms with van der Waals surface area (Å²) in [5.41, 5.74) is 1.89. The Morgan fingerprint density at radius 2 is 2.23 bits per heavy atom. The fraction of sp³-hybridized carbons (Fsp3) is 0.250. The van der Waals surface area contributed by atoms with E-state index in [-0.39, 0.29) is 5.91 Å². The van der Waals surface area contributed by atoms with Crippen LogP contribution in [0.15, 0.2) is 34.9 Å². The van der Waals surface area contributed by atoms with Crippen molar-refractivity contribution in [2.45, 2.75) is 26.8 Å². The van der Waals surface area contributed by atoms with Crippen LogP contribution in [0.3, 0.4) is 0 Å². The number of nitrogens with zero attached hydrogens (tertiary/aromatic N) is 2. The minimum atomic E-state index is 0.00392. The Kier molecular flexibility index (Phi) is 4.18. The first-order valence-corrected chi connectivity index (χ1v) is 8.18. The molecular formula is C16H15ClN2O2S. The molecule has 114 valence electrons. The maximum absolute atomic E-state index is 12.3. The van der Waals surface area contributed by atoms with E-state index >= 15 is 0 Å². The van der Waals surface area contributed by atoms with Gasteiger partial charge in [0.05, 0.1) is 28.0 Å². The van der Waals surface area contributed by atoms with Gasteiger partial charge in [-0.25, -0.2) is 4.98 Å². The number of hydrogen-bond acceptors (Lipinski definition) is 4. The van der Waals surface area contributed by atoms with Crippen molar-refractivity contribution in [3.8, 4) is 0 Å². The lowest BCUT2D eigenvalue weighted by Crippen LogP contribution is -2.29. The van der Waals surface area contributed by atoms with Crippen molar-refractivity contribution in [1.29, 1.82) is 0 Å². The van der Waals surface area contributed by atoms with Crippen LogP contribution in [-0.2, 0) is 11.3 Å². The van der Waals surface area contributed by atoms with E-state index < -0.39 is 0 Å². The van der Waals surface area contributed by atoms with Crippen LogP contribution in [0, 0.1) is 6.92 Å². The summed E-state index contributed by atoms with van der Waals surface area (Å²) in [7, 11) is 0. The third kappa shape index (κ3) is 2.74. The van der Waals surface area contributed by atoms with E-state index in [1.165, 1.54) is 11.3 Å². The summed E-state index contributed by atoms with van der Waals surface area (Å²) in [6.07, 6.45) is 2.01. The standard InChI is InChI=1S/C16H15ClN2O2S/c1-3-13(20)19(9-11-5-4-8-21-11)16-18-14-10(2)6-7-12(17)15(14)22-16/h4-8H,3,9H2,1-2H3. The number of furan rings is 1. The second kappa shape index (κ2) is 6.10. The molecule has 4 nitrogen and oxygen atoms in total. The van der Waals surface area contributed by atoms with Crippen LogP contribution in [0.25, 0.3) is 10.2 Å². The SMILES string of the molecule is CCC(=O)N(Cc1ccco1)c1nc2c(C)ccc(Cl)c2s1. The molecule has 0 N–H and O–H groups in total. The lowest BCUT2D eigenvalue weighted by Gasteiger charge is -2.17. The normalized spacial score (nSPS) is 11.0. The van der Waals surface area contributed by atoms with Crippen molar-refractivity contribution < 1.29 is 9.21 Å². The Bertz CT molecular complexity index is 772. The first-order valence-electron chi connectivity index (χ1n) is 6.98. The summed E-state index contributed by atoms with van der Waals surface area (Å²) in [6.45, 7) is 4.19. The minimum absolute atomic E-state index is 0.00392. The van der Waals surface area contributed by atoms with Gasteiger partial charge in [0.25, 0.3) is 0 Å². The molecule has 1 aromatic carbocycles. The summed E-state index contributed by atoms with van der Waals surface area (Å²) in [5, 5.41) is 1.31. The molecule has 0 bridgehead atoms. The van der Waals surface area contributed by atoms with Crippen LogP contribution in [0.2, 0.25) is 5.02 Å². The first-order chi connectivity index (χ1) is 10.6. The van der Waals surface area contributed by atoms with Gasteiger partial charge in [-0.05, 0) is 30.7 Å². The number of halogens is 1. The third-order valence-electron chi connectivity index (χ3n) is 3.41. The van der Waals surface area contributed by atoms with Gasteiger partial charge in [0.15, 0.2) is 5.13 Å². The molecule has 0 radical (unpaired) electrons. The molecule has 0 saturated carbocycles. The number of fused-ring (bicyclic) bond motifs is 1. The number of anilines is 1. The van der Waals surface area contributed by atoms with Crippen LogP contribution in [0.4, 0.5) is 5.13 Å². The molecule has 0 aliphatic carbocycles. The quantitative estimate of drug-likeness (QED) is 0.688. The Hall–Kier alpha value is -1.85. The molecule has 2 aromatic heterocycles. The van der Waals surface area contributed by atoms with E-state index in [0.29, 0.717) is 23.1 Å². The van der Waals surface area contributed by atoms with Crippen molar-refractivity contribution in [2.24, 2.45) is 0 Å². The van der Waals surface area contributed by atoms with Gasteiger partial charge in [-0.3, -0.25) is 9.69 Å². The second-order valence-electron chi connectivity index (χ2n) is 4.95. The van der Waals surface area contributed by atoms with E-state index in [0.717, 1.165) is 21.5 Å². The van der Waals surface area contributed by atoms with Gasteiger partial charge in [0, 0.05) is 6.42 Å². The molecule has 0 aliphatic rings. The van der Waals surface area contributed by atoms with Crippen molar-refractivity contribution >= 4 is 44.2 Å². The topological polar surface area (TPSA) is 46.3 Å². The number of benzene rings is 1. The monoisotopic (exact) mass is 334 g/mol. The summed E-state index contributed by atoms with van der Waals surface area (Å²) >= 11 is 7.68. The highest BCUT2D eigenvalue weighted by Crippen LogP contribution is 2.36. The minimum Gasteiger partial charge on any atom is -0.467 e. The smallest absolute Gasteiger partial charge is 0.228 e. The Labute approximate surface area is 137 Å². The Balaban J connectivity index is 2.06. The van der Waals surface area contributed by atoms with Gasteiger partial charge in [-0.2, -0.15) is 0 Å². The molecule has 3 rings (SSSR count). The van der Waals surface area contributed by atoms with Gasteiger partial charge in [0.1, 0.15) is 5.76 Å². The van der Waals surface area contributed by atoms with Gasteiger partial charge in [0.2, 0.25) is 5.91 Å². The van der Waals surface area contributed by atoms with Crippen molar-refractivity contribution in [3.05, 3.63) is 46.9 Å². The maximum Gasteiger partial charge on any atom is 0.228 e. The molecule has 0 unspecified atom stereocenters. The molecule has 22 heavy (non-hydrogen) atoms. The average Bonchev–Trinajstić information content (AvgIpc) is 3.17. The fourth-order valence-electron chi connectivity index (χ4n) is 2.22. The Morgan fingerprint density at radius 3 is 2.86 bits per heavy atom. The van der Waals surface area contributed by atoms with Crippen molar-refractivity contribution in [1.82, 2.24) is 4.98 Å². The number of aryl methyl sites for hydroxylation is 1. The van der Waals surface area contributed by atoms with E-state index in [1.54, 1.807) is 11.2 Å². The molecule has 0 fully saturated rings. The molecule has 0 spiro atoms. The second-order valence-corrected chi connectivity index (χ2v) is 6.34. The van der Waals surface area contributed by atoms with E-state index in [4.69, 9.17) is 16.0 Å². The van der Waals surface area contributed by atoms with Crippen molar-refractivity contribution in [3.63, 3.8) is 0 Å². The van der Waals surface area contributed by atoms with E-state index in [9.17, 15) is 4.79 Å². The number of rotatable bonds is 4. The summed E-state index contributed by atoms with van der Waals surface area (Å²) in [6, 6.07) is 7.46. The molecule has 6 heteroatoms. The highest BCUT2D eigenvalue weighted by atomic mass is 35.5. The maximum atomic E-state index is 12.3. The highest BCUT2D eigenvalue weighted by molar-refractivity contribution is 7.23. The van der Waals surface area contributed by atoms with Crippen LogP contribution >= 0.6 is 22.9 Å². The number of amides is 1. The molecular weight excluding hydrogens is 320 g/mol. The summed E-state index contributed by atoms with van der Waals surface area (Å²) in [4.78, 5) is 18.6. The zero-order chi connectivity index (χ0) is 15.7. The lowest BCUT2D eigenvalue weighted by molar-refractivity contribution is -0.118. The third-order valence-corrected chi connectivity index (χ3v) is 4.95. The molecule has 3 aromatic rings. The molecule has 0 saturated heterocycles. The fourth-order valence-corrected chi connectivity index (χ4v) is 3.55. The van der Waals surface area contributed by atoms with E-state index in [2.05, 4.69) is 4.98 Å². The largest absolute Gasteiger partial charge is 0.467 e. The van der Waals surface area contributed by atoms with Gasteiger partial charge < -0.3 is 4.42 Å². The zero-order valence-electron chi connectivity index (χ0n) is 12.3. The predicted molar refractivity (Wildman–Crippen MR) is 89.6 cm³/mol. The van der Waals surface area contributed by atoms with Gasteiger partial charge in [-0.15, -0.1) is 0 Å². The van der Waals surface area contributed by atoms with E-state index in [1.807, 2.05) is 38.1 Å². The summed E-state index contributed by atoms with van der Waals surface area (Å²) < 4.78 is 6.27.